The molecule has 0 unspecified atom stereocenters. The molecular formula is C32H47NO6Si. The third-order valence-electron chi connectivity index (χ3n) is 6.85. The lowest BCUT2D eigenvalue weighted by Crippen LogP contribution is -2.54. The Kier molecular flexibility index (Phi) is 12.0. The Labute approximate surface area is 241 Å². The monoisotopic (exact) mass is 569 g/mol. The summed E-state index contributed by atoms with van der Waals surface area (Å²) in [4.78, 5) is 24.6. The van der Waals surface area contributed by atoms with Gasteiger partial charge in [0.25, 0.3) is 0 Å². The summed E-state index contributed by atoms with van der Waals surface area (Å²) in [6, 6.07) is 16.5. The highest BCUT2D eigenvalue weighted by Crippen LogP contribution is 2.38. The van der Waals surface area contributed by atoms with E-state index in [1.54, 1.807) is 12.1 Å². The van der Waals surface area contributed by atoms with Crippen molar-refractivity contribution in [3.8, 4) is 5.75 Å². The van der Waals surface area contributed by atoms with Crippen molar-refractivity contribution in [1.29, 1.82) is 0 Å². The van der Waals surface area contributed by atoms with Gasteiger partial charge in [-0.2, -0.15) is 0 Å². The lowest BCUT2D eigenvalue weighted by atomic mass is 10.0. The molecule has 0 saturated carbocycles. The number of amides is 1. The lowest BCUT2D eigenvalue weighted by Gasteiger charge is -2.41. The summed E-state index contributed by atoms with van der Waals surface area (Å²) in [5.41, 5.74) is 0.845. The fourth-order valence-corrected chi connectivity index (χ4v) is 4.98. The molecule has 2 aromatic carbocycles. The van der Waals surface area contributed by atoms with Crippen molar-refractivity contribution in [3.05, 3.63) is 71.8 Å². The van der Waals surface area contributed by atoms with Crippen molar-refractivity contribution >= 4 is 26.5 Å². The summed E-state index contributed by atoms with van der Waals surface area (Å²) in [5.74, 6) is 0.384. The molecule has 0 bridgehead atoms. The van der Waals surface area contributed by atoms with Crippen LogP contribution in [0.5, 0.6) is 5.75 Å². The zero-order valence-electron chi connectivity index (χ0n) is 25.6. The number of carbonyl (C=O) groups is 2. The number of ether oxygens (including phenoxy) is 3. The molecule has 0 aliphatic rings. The first-order valence-electron chi connectivity index (χ1n) is 13.8. The van der Waals surface area contributed by atoms with Crippen LogP contribution in [0, 0.1) is 0 Å². The molecule has 0 aliphatic carbocycles. The van der Waals surface area contributed by atoms with Gasteiger partial charge in [0.05, 0.1) is 24.8 Å². The van der Waals surface area contributed by atoms with E-state index in [9.17, 15) is 9.59 Å². The van der Waals surface area contributed by atoms with Gasteiger partial charge >= 0.3 is 12.1 Å². The molecule has 2 aromatic rings. The molecule has 0 saturated heterocycles. The molecule has 7 nitrogen and oxygen atoms in total. The maximum atomic E-state index is 12.9. The van der Waals surface area contributed by atoms with E-state index in [0.717, 1.165) is 11.3 Å². The maximum Gasteiger partial charge on any atom is 0.407 e. The standard InChI is InChI=1S/C32H47NO6Si/c1-31(2,3)38-30(35)33-27(18-14-13-15-24-19-21-25(22-20-24)29(34)36-7)28(39-40(8,9)32(4,5)6)23-37-26-16-11-10-12-17-26/h10-13,15-17,19-22,27-28H,14,18,23H2,1-9H3,(H,33,35)/b15-13+/t27-,28-/m1/s1. The molecule has 1 N–H and O–H groups in total. The van der Waals surface area contributed by atoms with E-state index < -0.39 is 20.0 Å². The van der Waals surface area contributed by atoms with Gasteiger partial charge in [0.2, 0.25) is 0 Å². The predicted molar refractivity (Wildman–Crippen MR) is 163 cm³/mol. The van der Waals surface area contributed by atoms with Gasteiger partial charge in [0.15, 0.2) is 8.32 Å². The highest BCUT2D eigenvalue weighted by molar-refractivity contribution is 6.74. The van der Waals surface area contributed by atoms with Crippen LogP contribution in [0.1, 0.15) is 70.3 Å². The third kappa shape index (κ3) is 11.2. The van der Waals surface area contributed by atoms with E-state index in [1.165, 1.54) is 7.11 Å². The van der Waals surface area contributed by atoms with Crippen LogP contribution in [0.3, 0.4) is 0 Å². The van der Waals surface area contributed by atoms with Gasteiger partial charge in [-0.15, -0.1) is 0 Å². The van der Waals surface area contributed by atoms with Crippen molar-refractivity contribution in [1.82, 2.24) is 5.32 Å². The van der Waals surface area contributed by atoms with Gasteiger partial charge < -0.3 is 24.0 Å². The fourth-order valence-electron chi connectivity index (χ4n) is 3.64. The Balaban J connectivity index is 2.25. The van der Waals surface area contributed by atoms with E-state index in [1.807, 2.05) is 69.3 Å². The molecule has 0 aliphatic heterocycles. The van der Waals surface area contributed by atoms with E-state index in [0.29, 0.717) is 18.4 Å². The first-order chi connectivity index (χ1) is 18.6. The topological polar surface area (TPSA) is 83.1 Å². The maximum absolute atomic E-state index is 12.9. The summed E-state index contributed by atoms with van der Waals surface area (Å²) >= 11 is 0. The molecule has 0 aromatic heterocycles. The quantitative estimate of drug-likeness (QED) is 0.209. The lowest BCUT2D eigenvalue weighted by molar-refractivity contribution is 0.0363. The van der Waals surface area contributed by atoms with Crippen LogP contribution in [0.15, 0.2) is 60.7 Å². The zero-order chi connectivity index (χ0) is 30.0. The fraction of sp³-hybridized carbons (Fsp3) is 0.500. The van der Waals surface area contributed by atoms with Crippen molar-refractivity contribution in [2.75, 3.05) is 13.7 Å². The molecule has 8 heteroatoms. The Morgan fingerprint density at radius 2 is 1.57 bits per heavy atom. The molecule has 0 radical (unpaired) electrons. The zero-order valence-corrected chi connectivity index (χ0v) is 26.6. The number of benzene rings is 2. The van der Waals surface area contributed by atoms with Gasteiger partial charge in [0.1, 0.15) is 18.0 Å². The van der Waals surface area contributed by atoms with Crippen LogP contribution in [-0.4, -0.2) is 51.8 Å². The molecular weight excluding hydrogens is 522 g/mol. The number of methoxy groups -OCH3 is 1. The largest absolute Gasteiger partial charge is 0.491 e. The molecule has 0 fully saturated rings. The van der Waals surface area contributed by atoms with Crippen molar-refractivity contribution in [2.45, 2.75) is 90.3 Å². The summed E-state index contributed by atoms with van der Waals surface area (Å²) in [6.45, 7) is 16.8. The minimum absolute atomic E-state index is 0.0231. The van der Waals surface area contributed by atoms with Gasteiger partial charge in [-0.25, -0.2) is 9.59 Å². The van der Waals surface area contributed by atoms with Crippen LogP contribution in [0.4, 0.5) is 4.79 Å². The Morgan fingerprint density at radius 3 is 2.12 bits per heavy atom. The summed E-state index contributed by atoms with van der Waals surface area (Å²) in [5, 5.41) is 3.06. The number of hydrogen-bond donors (Lipinski definition) is 1. The van der Waals surface area contributed by atoms with Gasteiger partial charge in [-0.1, -0.05) is 63.3 Å². The molecule has 0 heterocycles. The van der Waals surface area contributed by atoms with E-state index in [-0.39, 0.29) is 29.8 Å². The highest BCUT2D eigenvalue weighted by Gasteiger charge is 2.41. The van der Waals surface area contributed by atoms with Crippen molar-refractivity contribution < 1.29 is 28.2 Å². The summed E-state index contributed by atoms with van der Waals surface area (Å²) in [7, 11) is -0.847. The number of carbonyl (C=O) groups excluding carboxylic acids is 2. The average Bonchev–Trinajstić information content (AvgIpc) is 2.87. The third-order valence-corrected chi connectivity index (χ3v) is 11.4. The smallest absolute Gasteiger partial charge is 0.407 e. The Morgan fingerprint density at radius 1 is 0.950 bits per heavy atom. The van der Waals surface area contributed by atoms with Crippen LogP contribution >= 0.6 is 0 Å². The molecule has 0 spiro atoms. The van der Waals surface area contributed by atoms with Gasteiger partial charge in [-0.3, -0.25) is 0 Å². The average molecular weight is 570 g/mol. The minimum Gasteiger partial charge on any atom is -0.491 e. The number of allylic oxidation sites excluding steroid dienone is 1. The Hall–Kier alpha value is -3.10. The second-order valence-electron chi connectivity index (χ2n) is 12.4. The molecule has 2 rings (SSSR count). The second kappa shape index (κ2) is 14.5. The molecule has 220 valence electrons. The number of esters is 1. The minimum atomic E-state index is -2.21. The number of rotatable bonds is 12. The Bertz CT molecular complexity index is 1100. The van der Waals surface area contributed by atoms with E-state index in [4.69, 9.17) is 18.6 Å². The van der Waals surface area contributed by atoms with E-state index >= 15 is 0 Å². The number of para-hydroxylation sites is 1. The normalized spacial score (nSPS) is 13.9. The highest BCUT2D eigenvalue weighted by atomic mass is 28.4. The van der Waals surface area contributed by atoms with Crippen LogP contribution in [-0.2, 0) is 13.9 Å². The second-order valence-corrected chi connectivity index (χ2v) is 17.1. The SMILES string of the molecule is COC(=O)c1ccc(/C=C/CC[C@@H](NC(=O)OC(C)(C)C)[C@@H](COc2ccccc2)O[Si](C)(C)C(C)(C)C)cc1. The molecule has 2 atom stereocenters. The number of alkyl carbamates (subject to hydrolysis) is 1. The van der Waals surface area contributed by atoms with E-state index in [2.05, 4.69) is 45.3 Å². The summed E-state index contributed by atoms with van der Waals surface area (Å²) < 4.78 is 23.4. The van der Waals surface area contributed by atoms with Crippen molar-refractivity contribution in [2.24, 2.45) is 0 Å². The predicted octanol–water partition coefficient (Wildman–Crippen LogP) is 7.63. The first kappa shape index (κ1) is 33.1. The van der Waals surface area contributed by atoms with Crippen molar-refractivity contribution in [3.63, 3.8) is 0 Å². The molecule has 40 heavy (non-hydrogen) atoms. The van der Waals surface area contributed by atoms with Crippen LogP contribution < -0.4 is 10.1 Å². The number of nitrogens with one attached hydrogen (secondary N) is 1. The van der Waals surface area contributed by atoms with Crippen LogP contribution in [0.25, 0.3) is 6.08 Å². The first-order valence-corrected chi connectivity index (χ1v) is 16.7. The van der Waals surface area contributed by atoms with Crippen LogP contribution in [0.2, 0.25) is 18.1 Å². The van der Waals surface area contributed by atoms with Gasteiger partial charge in [0, 0.05) is 0 Å². The summed E-state index contributed by atoms with van der Waals surface area (Å²) in [6.07, 6.45) is 4.48. The van der Waals surface area contributed by atoms with Gasteiger partial charge in [-0.05, 0) is 81.6 Å². The molecule has 1 amide bonds. The number of hydrogen-bond acceptors (Lipinski definition) is 6.